The van der Waals surface area contributed by atoms with Crippen LogP contribution in [0.15, 0.2) is 9.79 Å². The van der Waals surface area contributed by atoms with Gasteiger partial charge in [-0.25, -0.2) is 4.63 Å². The van der Waals surface area contributed by atoms with Crippen LogP contribution in [-0.4, -0.2) is 60.6 Å². The summed E-state index contributed by atoms with van der Waals surface area (Å²) in [6, 6.07) is 0. The molecule has 0 aliphatic carbocycles. The second kappa shape index (κ2) is 8.51. The van der Waals surface area contributed by atoms with E-state index < -0.39 is 0 Å². The van der Waals surface area contributed by atoms with E-state index in [-0.39, 0.29) is 17.6 Å². The van der Waals surface area contributed by atoms with Gasteiger partial charge in [-0.3, -0.25) is 9.59 Å². The van der Waals surface area contributed by atoms with Gasteiger partial charge >= 0.3 is 0 Å². The van der Waals surface area contributed by atoms with E-state index in [0.717, 1.165) is 19.5 Å². The SMILES string of the molecule is CCn1c(SCC(=O)N2CCCC(C)C2)nnc1-c1nonc1NC(C)=O. The molecule has 11 heteroatoms. The van der Waals surface area contributed by atoms with Crippen molar-refractivity contribution in [3.63, 3.8) is 0 Å². The average molecular weight is 393 g/mol. The van der Waals surface area contributed by atoms with Crippen LogP contribution in [0.5, 0.6) is 0 Å². The molecule has 2 aromatic heterocycles. The molecule has 1 aliphatic heterocycles. The zero-order valence-electron chi connectivity index (χ0n) is 15.6. The smallest absolute Gasteiger partial charge is 0.233 e. The van der Waals surface area contributed by atoms with E-state index in [0.29, 0.717) is 34.9 Å². The number of anilines is 1. The van der Waals surface area contributed by atoms with Gasteiger partial charge in [0, 0.05) is 26.6 Å². The fourth-order valence-corrected chi connectivity index (χ4v) is 3.98. The summed E-state index contributed by atoms with van der Waals surface area (Å²) in [5.41, 5.74) is 0.308. The highest BCUT2D eigenvalue weighted by molar-refractivity contribution is 7.99. The zero-order valence-corrected chi connectivity index (χ0v) is 16.5. The Morgan fingerprint density at radius 3 is 2.85 bits per heavy atom. The minimum atomic E-state index is -0.287. The summed E-state index contributed by atoms with van der Waals surface area (Å²) < 4.78 is 6.55. The molecule has 0 bridgehead atoms. The lowest BCUT2D eigenvalue weighted by Crippen LogP contribution is -2.40. The topological polar surface area (TPSA) is 119 Å². The Bertz CT molecular complexity index is 819. The molecule has 1 atom stereocenters. The molecule has 146 valence electrons. The van der Waals surface area contributed by atoms with Crippen molar-refractivity contribution < 1.29 is 14.2 Å². The molecule has 3 rings (SSSR count). The quantitative estimate of drug-likeness (QED) is 0.736. The van der Waals surface area contributed by atoms with Crippen molar-refractivity contribution in [1.29, 1.82) is 0 Å². The van der Waals surface area contributed by atoms with Crippen molar-refractivity contribution in [2.75, 3.05) is 24.2 Å². The number of carbonyl (C=O) groups is 2. The van der Waals surface area contributed by atoms with Gasteiger partial charge in [0.2, 0.25) is 17.6 Å². The summed E-state index contributed by atoms with van der Waals surface area (Å²) >= 11 is 1.34. The normalized spacial score (nSPS) is 17.1. The number of aromatic nitrogens is 5. The largest absolute Gasteiger partial charge is 0.342 e. The van der Waals surface area contributed by atoms with E-state index in [1.165, 1.54) is 25.1 Å². The summed E-state index contributed by atoms with van der Waals surface area (Å²) in [7, 11) is 0. The van der Waals surface area contributed by atoms with Gasteiger partial charge in [-0.05, 0) is 36.0 Å². The Labute approximate surface area is 161 Å². The molecule has 1 aliphatic rings. The molecule has 0 saturated carbocycles. The monoisotopic (exact) mass is 393 g/mol. The number of carbonyl (C=O) groups excluding carboxylic acids is 2. The highest BCUT2D eigenvalue weighted by Gasteiger charge is 2.24. The van der Waals surface area contributed by atoms with Gasteiger partial charge < -0.3 is 14.8 Å². The number of hydrogen-bond donors (Lipinski definition) is 1. The molecule has 2 aromatic rings. The molecule has 1 N–H and O–H groups in total. The maximum Gasteiger partial charge on any atom is 0.233 e. The van der Waals surface area contributed by atoms with Crippen molar-refractivity contribution in [2.45, 2.75) is 45.3 Å². The molecule has 10 nitrogen and oxygen atoms in total. The first-order chi connectivity index (χ1) is 13.0. The fraction of sp³-hybridized carbons (Fsp3) is 0.625. The van der Waals surface area contributed by atoms with Crippen molar-refractivity contribution in [2.24, 2.45) is 5.92 Å². The average Bonchev–Trinajstić information content (AvgIpc) is 3.24. The standard InChI is InChI=1S/C16H23N7O3S/c1-4-23-15(13-14(17-11(3)24)21-26-20-13)18-19-16(23)27-9-12(25)22-7-5-6-10(2)8-22/h10H,4-9H2,1-3H3,(H,17,21,24). The number of hydrogen-bond acceptors (Lipinski definition) is 8. The van der Waals surface area contributed by atoms with Crippen LogP contribution in [0.2, 0.25) is 0 Å². The van der Waals surface area contributed by atoms with Crippen LogP contribution in [-0.2, 0) is 16.1 Å². The predicted octanol–water partition coefficient (Wildman–Crippen LogP) is 1.66. The first-order valence-corrected chi connectivity index (χ1v) is 9.92. The summed E-state index contributed by atoms with van der Waals surface area (Å²) in [6.45, 7) is 7.70. The maximum absolute atomic E-state index is 12.5. The number of amides is 2. The highest BCUT2D eigenvalue weighted by Crippen LogP contribution is 2.27. The first-order valence-electron chi connectivity index (χ1n) is 8.93. The van der Waals surface area contributed by atoms with E-state index in [2.05, 4.69) is 32.8 Å². The van der Waals surface area contributed by atoms with Crippen LogP contribution in [0.25, 0.3) is 11.5 Å². The lowest BCUT2D eigenvalue weighted by atomic mass is 10.0. The van der Waals surface area contributed by atoms with Crippen molar-refractivity contribution in [3.05, 3.63) is 0 Å². The van der Waals surface area contributed by atoms with Crippen molar-refractivity contribution in [3.8, 4) is 11.5 Å². The van der Waals surface area contributed by atoms with Crippen LogP contribution >= 0.6 is 11.8 Å². The van der Waals surface area contributed by atoms with Gasteiger partial charge in [0.1, 0.15) is 0 Å². The van der Waals surface area contributed by atoms with Crippen molar-refractivity contribution >= 4 is 29.4 Å². The minimum absolute atomic E-state index is 0.112. The zero-order chi connectivity index (χ0) is 19.4. The third-order valence-electron chi connectivity index (χ3n) is 4.36. The van der Waals surface area contributed by atoms with Gasteiger partial charge in [0.05, 0.1) is 5.75 Å². The predicted molar refractivity (Wildman–Crippen MR) is 99.0 cm³/mol. The van der Waals surface area contributed by atoms with E-state index >= 15 is 0 Å². The number of likely N-dealkylation sites (tertiary alicyclic amines) is 1. The number of piperidine rings is 1. The minimum Gasteiger partial charge on any atom is -0.342 e. The number of nitrogens with one attached hydrogen (secondary N) is 1. The summed E-state index contributed by atoms with van der Waals surface area (Å²) in [5.74, 6) is 1.31. The molecule has 27 heavy (non-hydrogen) atoms. The van der Waals surface area contributed by atoms with Gasteiger partial charge in [-0.1, -0.05) is 18.7 Å². The number of nitrogens with zero attached hydrogens (tertiary/aromatic N) is 6. The van der Waals surface area contributed by atoms with Crippen LogP contribution in [0, 0.1) is 5.92 Å². The van der Waals surface area contributed by atoms with Crippen LogP contribution in [0.3, 0.4) is 0 Å². The van der Waals surface area contributed by atoms with Gasteiger partial charge in [0.15, 0.2) is 16.7 Å². The summed E-state index contributed by atoms with van der Waals surface area (Å²) in [6.07, 6.45) is 2.23. The van der Waals surface area contributed by atoms with Crippen LogP contribution in [0.1, 0.15) is 33.6 Å². The molecule has 1 unspecified atom stereocenters. The van der Waals surface area contributed by atoms with Crippen molar-refractivity contribution in [1.82, 2.24) is 30.0 Å². The molecule has 3 heterocycles. The molecular weight excluding hydrogens is 370 g/mol. The van der Waals surface area contributed by atoms with Gasteiger partial charge in [-0.15, -0.1) is 10.2 Å². The van der Waals surface area contributed by atoms with E-state index in [1.807, 2.05) is 16.4 Å². The van der Waals surface area contributed by atoms with Gasteiger partial charge in [-0.2, -0.15) is 0 Å². The Kier molecular flexibility index (Phi) is 6.09. The molecule has 2 amide bonds. The summed E-state index contributed by atoms with van der Waals surface area (Å²) in [4.78, 5) is 25.7. The molecule has 1 saturated heterocycles. The number of rotatable bonds is 6. The molecule has 1 fully saturated rings. The Morgan fingerprint density at radius 1 is 1.33 bits per heavy atom. The third-order valence-corrected chi connectivity index (χ3v) is 5.31. The molecule has 0 aromatic carbocycles. The van der Waals surface area contributed by atoms with E-state index in [4.69, 9.17) is 4.63 Å². The van der Waals surface area contributed by atoms with E-state index in [9.17, 15) is 9.59 Å². The lowest BCUT2D eigenvalue weighted by Gasteiger charge is -2.30. The fourth-order valence-electron chi connectivity index (χ4n) is 3.07. The maximum atomic E-state index is 12.5. The van der Waals surface area contributed by atoms with Crippen LogP contribution < -0.4 is 5.32 Å². The van der Waals surface area contributed by atoms with Crippen LogP contribution in [0.4, 0.5) is 5.82 Å². The Morgan fingerprint density at radius 2 is 2.15 bits per heavy atom. The van der Waals surface area contributed by atoms with E-state index in [1.54, 1.807) is 0 Å². The third kappa shape index (κ3) is 4.46. The second-order valence-electron chi connectivity index (χ2n) is 6.57. The molecule has 0 spiro atoms. The highest BCUT2D eigenvalue weighted by atomic mass is 32.2. The first kappa shape index (κ1) is 19.3. The molecule has 0 radical (unpaired) electrons. The molecular formula is C16H23N7O3S. The number of thioether (sulfide) groups is 1. The Hall–Kier alpha value is -2.43. The summed E-state index contributed by atoms with van der Waals surface area (Å²) in [5, 5.41) is 19.0. The Balaban J connectivity index is 1.72. The second-order valence-corrected chi connectivity index (χ2v) is 7.51. The lowest BCUT2D eigenvalue weighted by molar-refractivity contribution is -0.130. The van der Waals surface area contributed by atoms with Gasteiger partial charge in [0.25, 0.3) is 0 Å².